The number of benzene rings is 1. The first kappa shape index (κ1) is 19.6. The van der Waals surface area contributed by atoms with E-state index >= 15 is 0 Å². The first-order chi connectivity index (χ1) is 8.27. The van der Waals surface area contributed by atoms with E-state index in [0.717, 1.165) is 12.8 Å². The van der Waals surface area contributed by atoms with Crippen LogP contribution in [-0.2, 0) is 4.79 Å². The van der Waals surface area contributed by atoms with Crippen molar-refractivity contribution < 1.29 is 28.8 Å². The molecule has 1 rings (SSSR count). The van der Waals surface area contributed by atoms with Crippen LogP contribution < -0.4 is 18.9 Å². The molecule has 0 aromatic heterocycles. The summed E-state index contributed by atoms with van der Waals surface area (Å²) in [5.74, 6) is -0.666. The standard InChI is InChI=1S/C9H18O2.C6H5.Li/c1-2-3-4-5-6-7-8-9(10)11;1-2-4-6-5-3-1;/h2-8H2,1H3,(H,10,11);1-5H;/q;-1;+1. The minimum Gasteiger partial charge on any atom is -0.481 e. The summed E-state index contributed by atoms with van der Waals surface area (Å²) in [6, 6.07) is 12.5. The quantitative estimate of drug-likeness (QED) is 0.445. The minimum absolute atomic E-state index is 0. The molecule has 0 aliphatic rings. The van der Waals surface area contributed by atoms with Gasteiger partial charge in [0.2, 0.25) is 0 Å². The smallest absolute Gasteiger partial charge is 0.481 e. The average Bonchev–Trinajstić information content (AvgIpc) is 2.36. The van der Waals surface area contributed by atoms with Gasteiger partial charge in [0.15, 0.2) is 0 Å². The molecular weight excluding hydrogens is 219 g/mol. The summed E-state index contributed by atoms with van der Waals surface area (Å²) in [5, 5.41) is 8.32. The number of unbranched alkanes of at least 4 members (excludes halogenated alkanes) is 5. The van der Waals surface area contributed by atoms with Crippen LogP contribution in [0.3, 0.4) is 0 Å². The molecule has 3 heteroatoms. The first-order valence-electron chi connectivity index (χ1n) is 6.40. The Kier molecular flexibility index (Phi) is 17.8. The van der Waals surface area contributed by atoms with Gasteiger partial charge < -0.3 is 5.11 Å². The van der Waals surface area contributed by atoms with E-state index in [4.69, 9.17) is 5.11 Å². The maximum absolute atomic E-state index is 10.1. The molecule has 18 heavy (non-hydrogen) atoms. The van der Waals surface area contributed by atoms with Crippen LogP contribution in [-0.4, -0.2) is 11.1 Å². The van der Waals surface area contributed by atoms with Crippen molar-refractivity contribution in [3.8, 4) is 0 Å². The van der Waals surface area contributed by atoms with Gasteiger partial charge in [-0.25, -0.2) is 0 Å². The third kappa shape index (κ3) is 17.7. The Morgan fingerprint density at radius 1 is 1.00 bits per heavy atom. The molecule has 0 saturated heterocycles. The van der Waals surface area contributed by atoms with Crippen molar-refractivity contribution in [2.24, 2.45) is 0 Å². The van der Waals surface area contributed by atoms with E-state index in [0.29, 0.717) is 6.42 Å². The number of carboxylic acid groups (broad SMARTS) is 1. The van der Waals surface area contributed by atoms with Crippen molar-refractivity contribution in [3.05, 3.63) is 36.4 Å². The minimum atomic E-state index is -0.666. The van der Waals surface area contributed by atoms with Crippen LogP contribution in [0.25, 0.3) is 0 Å². The molecule has 0 amide bonds. The summed E-state index contributed by atoms with van der Waals surface area (Å²) >= 11 is 0. The number of aliphatic carboxylic acids is 1. The van der Waals surface area contributed by atoms with Gasteiger partial charge in [-0.05, 0) is 6.42 Å². The molecule has 0 radical (unpaired) electrons. The van der Waals surface area contributed by atoms with Crippen LogP contribution in [0.4, 0.5) is 0 Å². The Morgan fingerprint density at radius 3 is 1.94 bits per heavy atom. The molecule has 96 valence electrons. The summed E-state index contributed by atoms with van der Waals surface area (Å²) in [5.41, 5.74) is 0. The Morgan fingerprint density at radius 2 is 1.56 bits per heavy atom. The van der Waals surface area contributed by atoms with Crippen LogP contribution in [0.2, 0.25) is 0 Å². The van der Waals surface area contributed by atoms with Crippen LogP contribution in [0, 0.1) is 6.07 Å². The van der Waals surface area contributed by atoms with Crippen molar-refractivity contribution >= 4 is 5.97 Å². The fourth-order valence-electron chi connectivity index (χ4n) is 1.40. The van der Waals surface area contributed by atoms with E-state index in [-0.39, 0.29) is 18.9 Å². The number of carbonyl (C=O) groups is 1. The van der Waals surface area contributed by atoms with E-state index in [1.807, 2.05) is 30.3 Å². The molecule has 1 aromatic carbocycles. The molecule has 1 N–H and O–H groups in total. The molecule has 0 bridgehead atoms. The molecule has 0 atom stereocenters. The van der Waals surface area contributed by atoms with Crippen molar-refractivity contribution in [1.82, 2.24) is 0 Å². The molecule has 0 heterocycles. The van der Waals surface area contributed by atoms with E-state index in [9.17, 15) is 4.79 Å². The average molecular weight is 242 g/mol. The van der Waals surface area contributed by atoms with Gasteiger partial charge in [0.25, 0.3) is 0 Å². The topological polar surface area (TPSA) is 37.3 Å². The predicted molar refractivity (Wildman–Crippen MR) is 70.9 cm³/mol. The summed E-state index contributed by atoms with van der Waals surface area (Å²) in [7, 11) is 0. The van der Waals surface area contributed by atoms with Gasteiger partial charge in [0.05, 0.1) is 0 Å². The Labute approximate surface area is 123 Å². The SMILES string of the molecule is CCCCCCCCC(=O)O.[Li+].[c-]1ccccc1. The second-order valence-electron chi connectivity index (χ2n) is 3.99. The molecule has 0 aliphatic heterocycles. The number of hydrogen-bond donors (Lipinski definition) is 1. The summed E-state index contributed by atoms with van der Waals surface area (Å²) in [6.07, 6.45) is 7.25. The molecule has 2 nitrogen and oxygen atoms in total. The van der Waals surface area contributed by atoms with E-state index in [2.05, 4.69) is 13.0 Å². The van der Waals surface area contributed by atoms with Crippen molar-refractivity contribution in [2.45, 2.75) is 51.9 Å². The number of carboxylic acids is 1. The van der Waals surface area contributed by atoms with Gasteiger partial charge in [-0.3, -0.25) is 4.79 Å². The van der Waals surface area contributed by atoms with Crippen LogP contribution >= 0.6 is 0 Å². The second kappa shape index (κ2) is 16.3. The Hall–Kier alpha value is -0.713. The number of hydrogen-bond acceptors (Lipinski definition) is 1. The van der Waals surface area contributed by atoms with Crippen molar-refractivity contribution in [3.63, 3.8) is 0 Å². The van der Waals surface area contributed by atoms with Gasteiger partial charge in [0, 0.05) is 6.42 Å². The third-order valence-corrected chi connectivity index (χ3v) is 2.35. The Bertz CT molecular complexity index is 236. The zero-order valence-electron chi connectivity index (χ0n) is 11.7. The van der Waals surface area contributed by atoms with Gasteiger partial charge in [-0.15, -0.1) is 0 Å². The van der Waals surface area contributed by atoms with Crippen LogP contribution in [0.5, 0.6) is 0 Å². The van der Waals surface area contributed by atoms with Crippen molar-refractivity contribution in [2.75, 3.05) is 0 Å². The van der Waals surface area contributed by atoms with E-state index in [1.165, 1.54) is 25.7 Å². The maximum Gasteiger partial charge on any atom is 1.00 e. The Balaban J connectivity index is 0. The predicted octanol–water partition coefficient (Wildman–Crippen LogP) is 1.31. The normalized spacial score (nSPS) is 8.72. The molecular formula is C15H23LiO2. The molecule has 1 aromatic rings. The van der Waals surface area contributed by atoms with Crippen molar-refractivity contribution in [1.29, 1.82) is 0 Å². The number of rotatable bonds is 7. The maximum atomic E-state index is 10.1. The summed E-state index contributed by atoms with van der Waals surface area (Å²) < 4.78 is 0. The first-order valence-corrected chi connectivity index (χ1v) is 6.40. The fourth-order valence-corrected chi connectivity index (χ4v) is 1.40. The zero-order valence-corrected chi connectivity index (χ0v) is 11.7. The zero-order chi connectivity index (χ0) is 12.8. The van der Waals surface area contributed by atoms with Crippen LogP contribution in [0.1, 0.15) is 51.9 Å². The molecule has 0 unspecified atom stereocenters. The van der Waals surface area contributed by atoms with E-state index in [1.54, 1.807) is 0 Å². The molecule has 0 spiro atoms. The molecule has 0 fully saturated rings. The van der Waals surface area contributed by atoms with Gasteiger partial charge in [-0.1, -0.05) is 39.0 Å². The summed E-state index contributed by atoms with van der Waals surface area (Å²) in [6.45, 7) is 2.18. The van der Waals surface area contributed by atoms with Crippen LogP contribution in [0.15, 0.2) is 30.3 Å². The van der Waals surface area contributed by atoms with Gasteiger partial charge >= 0.3 is 24.8 Å². The van der Waals surface area contributed by atoms with E-state index < -0.39 is 5.97 Å². The monoisotopic (exact) mass is 242 g/mol. The largest absolute Gasteiger partial charge is 1.00 e. The third-order valence-electron chi connectivity index (χ3n) is 2.35. The molecule has 0 saturated carbocycles. The second-order valence-corrected chi connectivity index (χ2v) is 3.99. The summed E-state index contributed by atoms with van der Waals surface area (Å²) in [4.78, 5) is 10.1. The van der Waals surface area contributed by atoms with Gasteiger partial charge in [0.1, 0.15) is 0 Å². The van der Waals surface area contributed by atoms with Gasteiger partial charge in [-0.2, -0.15) is 36.4 Å². The molecule has 0 aliphatic carbocycles. The fraction of sp³-hybridized carbons (Fsp3) is 0.533.